The van der Waals surface area contributed by atoms with E-state index in [1.807, 2.05) is 42.5 Å². The molecule has 224 valence electrons. The molecule has 0 unspecified atom stereocenters. The van der Waals surface area contributed by atoms with Gasteiger partial charge in [-0.15, -0.1) is 0 Å². The molecule has 7 aromatic carbocycles. The van der Waals surface area contributed by atoms with Crippen LogP contribution in [0.5, 0.6) is 0 Å². The maximum Gasteiger partial charge on any atom is 0.145 e. The van der Waals surface area contributed by atoms with Crippen molar-refractivity contribution in [3.05, 3.63) is 169 Å². The molecule has 0 bridgehead atoms. The first-order valence-electron chi connectivity index (χ1n) is 15.9. The third-order valence-electron chi connectivity index (χ3n) is 9.09. The normalized spacial score (nSPS) is 11.3. The second-order valence-corrected chi connectivity index (χ2v) is 11.9. The Labute approximate surface area is 277 Å². The zero-order valence-corrected chi connectivity index (χ0v) is 25.8. The van der Waals surface area contributed by atoms with E-state index in [1.54, 1.807) is 0 Å². The lowest BCUT2D eigenvalue weighted by Crippen LogP contribution is -1.97. The number of benzene rings is 7. The Morgan fingerprint density at radius 3 is 1.94 bits per heavy atom. The van der Waals surface area contributed by atoms with Gasteiger partial charge >= 0.3 is 0 Å². The fourth-order valence-electron chi connectivity index (χ4n) is 6.70. The van der Waals surface area contributed by atoms with Gasteiger partial charge in [-0.3, -0.25) is 4.57 Å². The number of nitrogens with zero attached hydrogens (tertiary/aromatic N) is 3. The Bertz CT molecular complexity index is 2640. The van der Waals surface area contributed by atoms with Gasteiger partial charge < -0.3 is 4.42 Å². The van der Waals surface area contributed by atoms with Crippen molar-refractivity contribution in [2.45, 2.75) is 0 Å². The zero-order valence-electron chi connectivity index (χ0n) is 25.8. The summed E-state index contributed by atoms with van der Waals surface area (Å²) in [6.45, 7) is 0. The van der Waals surface area contributed by atoms with Gasteiger partial charge in [-0.1, -0.05) is 109 Å². The fraction of sp³-hybridized carbons (Fsp3) is 0. The molecule has 0 saturated heterocycles. The maximum absolute atomic E-state index is 9.15. The van der Waals surface area contributed by atoms with E-state index in [0.717, 1.165) is 83.4 Å². The number of para-hydroxylation sites is 2. The lowest BCUT2D eigenvalue weighted by Gasteiger charge is -2.11. The summed E-state index contributed by atoms with van der Waals surface area (Å²) in [7, 11) is 0. The largest absolute Gasteiger partial charge is 0.456 e. The third kappa shape index (κ3) is 4.65. The molecule has 4 heteroatoms. The van der Waals surface area contributed by atoms with E-state index in [9.17, 15) is 0 Å². The highest BCUT2D eigenvalue weighted by atomic mass is 16.3. The van der Waals surface area contributed by atoms with Crippen molar-refractivity contribution in [3.63, 3.8) is 0 Å². The second-order valence-electron chi connectivity index (χ2n) is 11.9. The van der Waals surface area contributed by atoms with Crippen molar-refractivity contribution >= 4 is 33.0 Å². The number of aromatic nitrogens is 2. The smallest absolute Gasteiger partial charge is 0.145 e. The molecule has 9 aromatic rings. The second kappa shape index (κ2) is 11.3. The summed E-state index contributed by atoms with van der Waals surface area (Å²) >= 11 is 0. The van der Waals surface area contributed by atoms with Crippen LogP contribution in [0.15, 0.2) is 168 Å². The summed E-state index contributed by atoms with van der Waals surface area (Å²) in [6, 6.07) is 58.5. The van der Waals surface area contributed by atoms with Gasteiger partial charge in [-0.25, -0.2) is 4.98 Å². The van der Waals surface area contributed by atoms with Crippen LogP contribution in [0.3, 0.4) is 0 Å². The number of rotatable bonds is 5. The molecule has 0 spiro atoms. The molecule has 2 heterocycles. The van der Waals surface area contributed by atoms with Gasteiger partial charge in [0.05, 0.1) is 22.7 Å². The Kier molecular flexibility index (Phi) is 6.48. The minimum absolute atomic E-state index is 0.660. The first-order chi connectivity index (χ1) is 23.7. The monoisotopic (exact) mass is 613 g/mol. The molecule has 0 aliphatic heterocycles. The van der Waals surface area contributed by atoms with Crippen LogP contribution in [-0.4, -0.2) is 9.55 Å². The van der Waals surface area contributed by atoms with Crippen molar-refractivity contribution in [3.8, 4) is 56.5 Å². The SMILES string of the molecule is N#Cc1ccc(-c2ccc(-c3cccc4oc5ccc(-c6ccc(-n7c(-c8ccccc8)nc8ccccc87)cc6)cc5c34)cc2)cc1. The molecule has 0 amide bonds. The van der Waals surface area contributed by atoms with E-state index in [0.29, 0.717) is 5.56 Å². The Morgan fingerprint density at radius 2 is 1.17 bits per heavy atom. The molecule has 2 aromatic heterocycles. The van der Waals surface area contributed by atoms with Crippen molar-refractivity contribution in [2.24, 2.45) is 0 Å². The minimum Gasteiger partial charge on any atom is -0.456 e. The van der Waals surface area contributed by atoms with Crippen LogP contribution in [0.4, 0.5) is 0 Å². The summed E-state index contributed by atoms with van der Waals surface area (Å²) in [4.78, 5) is 5.00. The molecular formula is C44H27N3O. The lowest BCUT2D eigenvalue weighted by molar-refractivity contribution is 0.669. The molecule has 0 atom stereocenters. The van der Waals surface area contributed by atoms with Crippen molar-refractivity contribution in [1.82, 2.24) is 9.55 Å². The molecule has 0 aliphatic carbocycles. The van der Waals surface area contributed by atoms with Crippen LogP contribution >= 0.6 is 0 Å². The van der Waals surface area contributed by atoms with Gasteiger partial charge in [-0.05, 0) is 88.0 Å². The van der Waals surface area contributed by atoms with Crippen LogP contribution in [0.25, 0.3) is 83.4 Å². The summed E-state index contributed by atoms with van der Waals surface area (Å²) in [6.07, 6.45) is 0. The van der Waals surface area contributed by atoms with Crippen LogP contribution in [0.1, 0.15) is 5.56 Å². The van der Waals surface area contributed by atoms with Crippen LogP contribution in [0, 0.1) is 11.3 Å². The molecule has 0 aliphatic rings. The van der Waals surface area contributed by atoms with Gasteiger partial charge in [0.2, 0.25) is 0 Å². The van der Waals surface area contributed by atoms with Crippen LogP contribution in [-0.2, 0) is 0 Å². The lowest BCUT2D eigenvalue weighted by atomic mass is 9.95. The molecule has 0 fully saturated rings. The molecule has 0 radical (unpaired) electrons. The van der Waals surface area contributed by atoms with E-state index in [4.69, 9.17) is 14.7 Å². The van der Waals surface area contributed by atoms with Gasteiger partial charge in [0.15, 0.2) is 0 Å². The maximum atomic E-state index is 9.15. The van der Waals surface area contributed by atoms with E-state index in [-0.39, 0.29) is 0 Å². The van der Waals surface area contributed by atoms with Gasteiger partial charge in [0.25, 0.3) is 0 Å². The van der Waals surface area contributed by atoms with Crippen molar-refractivity contribution < 1.29 is 4.42 Å². The van der Waals surface area contributed by atoms with E-state index in [1.165, 1.54) is 0 Å². The highest BCUT2D eigenvalue weighted by Gasteiger charge is 2.16. The Morgan fingerprint density at radius 1 is 0.521 bits per heavy atom. The van der Waals surface area contributed by atoms with E-state index >= 15 is 0 Å². The van der Waals surface area contributed by atoms with Crippen molar-refractivity contribution in [1.29, 1.82) is 5.26 Å². The van der Waals surface area contributed by atoms with Crippen molar-refractivity contribution in [2.75, 3.05) is 0 Å². The zero-order chi connectivity index (χ0) is 32.0. The third-order valence-corrected chi connectivity index (χ3v) is 9.09. The molecule has 48 heavy (non-hydrogen) atoms. The highest BCUT2D eigenvalue weighted by Crippen LogP contribution is 2.39. The number of fused-ring (bicyclic) bond motifs is 4. The summed E-state index contributed by atoms with van der Waals surface area (Å²) in [5, 5.41) is 11.3. The number of imidazole rings is 1. The molecular weight excluding hydrogens is 587 g/mol. The van der Waals surface area contributed by atoms with E-state index in [2.05, 4.69) is 132 Å². The average Bonchev–Trinajstić information content (AvgIpc) is 3.74. The number of nitriles is 1. The standard InChI is InChI=1S/C44H27N3O/c45-28-29-13-15-30(16-14-29)31-17-19-33(20-18-31)37-9-6-12-42-43(37)38-27-35(23-26-41(38)48-42)32-21-24-36(25-22-32)47-40-11-5-4-10-39(40)46-44(47)34-7-2-1-3-8-34/h1-27H. The number of hydrogen-bond donors (Lipinski definition) is 0. The number of furan rings is 1. The summed E-state index contributed by atoms with van der Waals surface area (Å²) in [5.74, 6) is 0.924. The van der Waals surface area contributed by atoms with Crippen LogP contribution < -0.4 is 0 Å². The van der Waals surface area contributed by atoms with Gasteiger partial charge in [-0.2, -0.15) is 5.26 Å². The highest BCUT2D eigenvalue weighted by molar-refractivity contribution is 6.13. The molecule has 0 N–H and O–H groups in total. The average molecular weight is 614 g/mol. The topological polar surface area (TPSA) is 54.8 Å². The van der Waals surface area contributed by atoms with Gasteiger partial charge in [0, 0.05) is 22.0 Å². The fourth-order valence-corrected chi connectivity index (χ4v) is 6.70. The first-order valence-corrected chi connectivity index (χ1v) is 15.9. The van der Waals surface area contributed by atoms with Crippen LogP contribution in [0.2, 0.25) is 0 Å². The van der Waals surface area contributed by atoms with E-state index < -0.39 is 0 Å². The molecule has 4 nitrogen and oxygen atoms in total. The predicted molar refractivity (Wildman–Crippen MR) is 195 cm³/mol. The molecule has 0 saturated carbocycles. The summed E-state index contributed by atoms with van der Waals surface area (Å²) < 4.78 is 8.58. The predicted octanol–water partition coefficient (Wildman–Crippen LogP) is 11.5. The quantitative estimate of drug-likeness (QED) is 0.194. The minimum atomic E-state index is 0.660. The summed E-state index contributed by atoms with van der Waals surface area (Å²) in [5.41, 5.74) is 13.3. The Balaban J connectivity index is 1.10. The Hall–Kier alpha value is -6.70. The first kappa shape index (κ1) is 27.6. The van der Waals surface area contributed by atoms with Gasteiger partial charge in [0.1, 0.15) is 17.0 Å². The number of hydrogen-bond acceptors (Lipinski definition) is 3. The molecule has 9 rings (SSSR count).